The van der Waals surface area contributed by atoms with E-state index in [0.29, 0.717) is 11.5 Å². The van der Waals surface area contributed by atoms with Gasteiger partial charge in [-0.05, 0) is 36.8 Å². The van der Waals surface area contributed by atoms with Crippen LogP contribution in [0, 0.1) is 5.92 Å². The largest absolute Gasteiger partial charge is 0.392 e. The molecule has 1 fully saturated rings. The van der Waals surface area contributed by atoms with Crippen LogP contribution in [0.4, 0.5) is 0 Å². The Hall–Kier alpha value is -0.910. The first-order valence-corrected chi connectivity index (χ1v) is 9.34. The fraction of sp³-hybridized carbons (Fsp3) is 0.625. The second-order valence-corrected chi connectivity index (χ2v) is 7.80. The molecule has 1 aliphatic rings. The molecule has 0 radical (unpaired) electrons. The summed E-state index contributed by atoms with van der Waals surface area (Å²) in [7, 11) is -3.34. The predicted octanol–water partition coefficient (Wildman–Crippen LogP) is 2.57. The van der Waals surface area contributed by atoms with Gasteiger partial charge < -0.3 is 5.11 Å². The van der Waals surface area contributed by atoms with Crippen molar-refractivity contribution in [1.29, 1.82) is 0 Å². The molecule has 1 atom stereocenters. The number of rotatable bonds is 6. The van der Waals surface area contributed by atoms with Crippen molar-refractivity contribution in [3.63, 3.8) is 0 Å². The quantitative estimate of drug-likeness (QED) is 0.848. The lowest BCUT2D eigenvalue weighted by Crippen LogP contribution is -2.39. The molecule has 0 heterocycles. The molecular formula is C16H25NO3S. The topological polar surface area (TPSA) is 66.4 Å². The van der Waals surface area contributed by atoms with Crippen molar-refractivity contribution >= 4 is 10.0 Å². The van der Waals surface area contributed by atoms with E-state index in [4.69, 9.17) is 5.11 Å². The van der Waals surface area contributed by atoms with E-state index in [9.17, 15) is 8.42 Å². The highest BCUT2D eigenvalue weighted by Crippen LogP contribution is 2.26. The summed E-state index contributed by atoms with van der Waals surface area (Å²) in [6, 6.07) is 7.08. The van der Waals surface area contributed by atoms with E-state index in [2.05, 4.69) is 4.72 Å². The molecule has 4 nitrogen and oxygen atoms in total. The van der Waals surface area contributed by atoms with Crippen LogP contribution in [0.2, 0.25) is 0 Å². The highest BCUT2D eigenvalue weighted by Gasteiger charge is 2.24. The fourth-order valence-electron chi connectivity index (χ4n) is 3.09. The van der Waals surface area contributed by atoms with Crippen LogP contribution in [0.3, 0.4) is 0 Å². The van der Waals surface area contributed by atoms with Crippen LogP contribution < -0.4 is 4.72 Å². The highest BCUT2D eigenvalue weighted by atomic mass is 32.2. The lowest BCUT2D eigenvalue weighted by Gasteiger charge is -2.28. The molecule has 5 heteroatoms. The Morgan fingerprint density at radius 3 is 2.57 bits per heavy atom. The summed E-state index contributed by atoms with van der Waals surface area (Å²) in [5, 5.41) is 9.11. The Balaban J connectivity index is 1.97. The molecule has 1 saturated carbocycles. The number of aliphatic hydroxyl groups is 1. The van der Waals surface area contributed by atoms with Gasteiger partial charge in [0.2, 0.25) is 10.0 Å². The Morgan fingerprint density at radius 2 is 1.90 bits per heavy atom. The van der Waals surface area contributed by atoms with E-state index in [0.717, 1.165) is 18.4 Å². The average Bonchev–Trinajstić information content (AvgIpc) is 2.47. The molecule has 1 aromatic carbocycles. The van der Waals surface area contributed by atoms with Gasteiger partial charge in [-0.15, -0.1) is 0 Å². The van der Waals surface area contributed by atoms with Gasteiger partial charge in [0.1, 0.15) is 0 Å². The molecule has 118 valence electrons. The standard InChI is InChI=1S/C16H25NO3S/c1-13(16-8-3-2-4-9-16)17-21(19,20)12-15-7-5-6-14(10-15)11-18/h5-7,10,13,16-18H,2-4,8-9,11-12H2,1H3. The maximum atomic E-state index is 12.3. The number of sulfonamides is 1. The van der Waals surface area contributed by atoms with Gasteiger partial charge in [0.05, 0.1) is 12.4 Å². The Labute approximate surface area is 127 Å². The second kappa shape index (κ2) is 7.38. The van der Waals surface area contributed by atoms with Crippen molar-refractivity contribution in [1.82, 2.24) is 4.72 Å². The summed E-state index contributed by atoms with van der Waals surface area (Å²) >= 11 is 0. The zero-order valence-electron chi connectivity index (χ0n) is 12.6. The lowest BCUT2D eigenvalue weighted by molar-refractivity contribution is 0.281. The fourth-order valence-corrected chi connectivity index (χ4v) is 4.55. The van der Waals surface area contributed by atoms with Crippen LogP contribution in [0.25, 0.3) is 0 Å². The average molecular weight is 311 g/mol. The molecule has 21 heavy (non-hydrogen) atoms. The molecule has 0 aromatic heterocycles. The molecule has 0 saturated heterocycles. The van der Waals surface area contributed by atoms with Crippen LogP contribution in [0.5, 0.6) is 0 Å². The van der Waals surface area contributed by atoms with Crippen LogP contribution in [-0.4, -0.2) is 19.6 Å². The Morgan fingerprint density at radius 1 is 1.24 bits per heavy atom. The smallest absolute Gasteiger partial charge is 0.216 e. The van der Waals surface area contributed by atoms with Gasteiger partial charge in [-0.2, -0.15) is 0 Å². The first kappa shape index (κ1) is 16.5. The molecular weight excluding hydrogens is 286 g/mol. The molecule has 2 N–H and O–H groups in total. The molecule has 2 rings (SSSR count). The van der Waals surface area contributed by atoms with Crippen molar-refractivity contribution in [3.8, 4) is 0 Å². The summed E-state index contributed by atoms with van der Waals surface area (Å²) in [5.41, 5.74) is 1.45. The van der Waals surface area contributed by atoms with Crippen molar-refractivity contribution in [2.75, 3.05) is 0 Å². The molecule has 0 bridgehead atoms. The van der Waals surface area contributed by atoms with E-state index in [1.165, 1.54) is 19.3 Å². The number of aliphatic hydroxyl groups excluding tert-OH is 1. The zero-order chi connectivity index (χ0) is 15.3. The minimum absolute atomic E-state index is 0.00340. The van der Waals surface area contributed by atoms with Gasteiger partial charge in [0, 0.05) is 6.04 Å². The maximum Gasteiger partial charge on any atom is 0.216 e. The van der Waals surface area contributed by atoms with Gasteiger partial charge in [-0.3, -0.25) is 0 Å². The second-order valence-electron chi connectivity index (χ2n) is 6.04. The van der Waals surface area contributed by atoms with E-state index < -0.39 is 10.0 Å². The predicted molar refractivity (Wildman–Crippen MR) is 84.2 cm³/mol. The van der Waals surface area contributed by atoms with Crippen LogP contribution in [0.15, 0.2) is 24.3 Å². The van der Waals surface area contributed by atoms with E-state index >= 15 is 0 Å². The van der Waals surface area contributed by atoms with Crippen molar-refractivity contribution in [2.24, 2.45) is 5.92 Å². The van der Waals surface area contributed by atoms with Gasteiger partial charge in [0.25, 0.3) is 0 Å². The van der Waals surface area contributed by atoms with E-state index in [-0.39, 0.29) is 18.4 Å². The molecule has 1 aliphatic carbocycles. The van der Waals surface area contributed by atoms with Gasteiger partial charge in [0.15, 0.2) is 0 Å². The minimum atomic E-state index is -3.34. The zero-order valence-corrected chi connectivity index (χ0v) is 13.4. The summed E-state index contributed by atoms with van der Waals surface area (Å²) in [4.78, 5) is 0. The molecule has 0 aliphatic heterocycles. The third-order valence-corrected chi connectivity index (χ3v) is 5.70. The highest BCUT2D eigenvalue weighted by molar-refractivity contribution is 7.88. The lowest BCUT2D eigenvalue weighted by atomic mass is 9.85. The third kappa shape index (κ3) is 5.09. The Kier molecular flexibility index (Phi) is 5.79. The first-order chi connectivity index (χ1) is 10.00. The maximum absolute atomic E-state index is 12.3. The van der Waals surface area contributed by atoms with Gasteiger partial charge in [-0.25, -0.2) is 13.1 Å². The summed E-state index contributed by atoms with van der Waals surface area (Å²) in [6.45, 7) is 1.90. The van der Waals surface area contributed by atoms with Gasteiger partial charge in [-0.1, -0.05) is 43.5 Å². The van der Waals surface area contributed by atoms with Gasteiger partial charge >= 0.3 is 0 Å². The van der Waals surface area contributed by atoms with Crippen LogP contribution in [0.1, 0.15) is 50.2 Å². The first-order valence-electron chi connectivity index (χ1n) is 7.69. The van der Waals surface area contributed by atoms with Crippen LogP contribution in [-0.2, 0) is 22.4 Å². The normalized spacial score (nSPS) is 18.6. The van der Waals surface area contributed by atoms with Crippen molar-refractivity contribution in [3.05, 3.63) is 35.4 Å². The van der Waals surface area contributed by atoms with Crippen molar-refractivity contribution < 1.29 is 13.5 Å². The minimum Gasteiger partial charge on any atom is -0.392 e. The number of hydrogen-bond donors (Lipinski definition) is 2. The monoisotopic (exact) mass is 311 g/mol. The number of nitrogens with one attached hydrogen (secondary N) is 1. The third-order valence-electron chi connectivity index (χ3n) is 4.25. The van der Waals surface area contributed by atoms with Crippen molar-refractivity contribution in [2.45, 2.75) is 57.4 Å². The SMILES string of the molecule is CC(NS(=O)(=O)Cc1cccc(CO)c1)C1CCCCC1. The van der Waals surface area contributed by atoms with E-state index in [1.54, 1.807) is 24.3 Å². The molecule has 0 amide bonds. The molecule has 1 aromatic rings. The summed E-state index contributed by atoms with van der Waals surface area (Å²) in [5.74, 6) is 0.426. The summed E-state index contributed by atoms with van der Waals surface area (Å²) in [6.07, 6.45) is 5.90. The summed E-state index contributed by atoms with van der Waals surface area (Å²) < 4.78 is 27.4. The Bertz CT molecular complexity index is 550. The van der Waals surface area contributed by atoms with Crippen LogP contribution >= 0.6 is 0 Å². The molecule has 1 unspecified atom stereocenters. The van der Waals surface area contributed by atoms with E-state index in [1.807, 2.05) is 6.92 Å². The number of hydrogen-bond acceptors (Lipinski definition) is 3. The number of benzene rings is 1. The molecule has 0 spiro atoms.